The fraction of sp³-hybridized carbons (Fsp3) is 0.636. The highest BCUT2D eigenvalue weighted by Crippen LogP contribution is 2.38. The summed E-state index contributed by atoms with van der Waals surface area (Å²) < 4.78 is 0. The van der Waals surface area contributed by atoms with Crippen LogP contribution in [0.4, 0.5) is 5.69 Å². The SMILES string of the molecule is CCCCCCCCCCN(CCCCCCCCCC)c1ccc2c(c1)-c1ccccc1C2. The van der Waals surface area contributed by atoms with Crippen LogP contribution < -0.4 is 4.90 Å². The maximum absolute atomic E-state index is 2.70. The van der Waals surface area contributed by atoms with Gasteiger partial charge in [-0.3, -0.25) is 0 Å². The van der Waals surface area contributed by atoms with E-state index in [2.05, 4.69) is 61.2 Å². The molecule has 0 aliphatic heterocycles. The Morgan fingerprint density at radius 2 is 1.03 bits per heavy atom. The van der Waals surface area contributed by atoms with Crippen molar-refractivity contribution in [3.05, 3.63) is 53.6 Å². The van der Waals surface area contributed by atoms with Gasteiger partial charge in [0.2, 0.25) is 0 Å². The van der Waals surface area contributed by atoms with Crippen LogP contribution in [0, 0.1) is 0 Å². The highest BCUT2D eigenvalue weighted by molar-refractivity contribution is 5.79. The molecular formula is C33H51N. The zero-order valence-corrected chi connectivity index (χ0v) is 22.4. The monoisotopic (exact) mass is 461 g/mol. The molecule has 34 heavy (non-hydrogen) atoms. The van der Waals surface area contributed by atoms with Crippen LogP contribution in [0.25, 0.3) is 11.1 Å². The summed E-state index contributed by atoms with van der Waals surface area (Å²) in [6, 6.07) is 16.3. The van der Waals surface area contributed by atoms with Crippen molar-refractivity contribution in [1.82, 2.24) is 0 Å². The van der Waals surface area contributed by atoms with Gasteiger partial charge in [0.15, 0.2) is 0 Å². The van der Waals surface area contributed by atoms with E-state index in [1.807, 2.05) is 0 Å². The molecule has 0 bridgehead atoms. The molecule has 0 heterocycles. The summed E-state index contributed by atoms with van der Waals surface area (Å²) >= 11 is 0. The van der Waals surface area contributed by atoms with Crippen molar-refractivity contribution in [3.63, 3.8) is 0 Å². The molecular weight excluding hydrogens is 410 g/mol. The normalized spacial score (nSPS) is 12.1. The Hall–Kier alpha value is -1.76. The minimum atomic E-state index is 1.10. The number of benzene rings is 2. The molecule has 1 nitrogen and oxygen atoms in total. The fourth-order valence-electron chi connectivity index (χ4n) is 5.55. The van der Waals surface area contributed by atoms with Crippen LogP contribution >= 0.6 is 0 Å². The van der Waals surface area contributed by atoms with Gasteiger partial charge in [-0.2, -0.15) is 0 Å². The average molecular weight is 462 g/mol. The van der Waals surface area contributed by atoms with E-state index in [-0.39, 0.29) is 0 Å². The summed E-state index contributed by atoms with van der Waals surface area (Å²) in [4.78, 5) is 2.70. The second-order valence-electron chi connectivity index (χ2n) is 10.6. The van der Waals surface area contributed by atoms with Crippen LogP contribution in [0.1, 0.15) is 128 Å². The molecule has 188 valence electrons. The summed E-state index contributed by atoms with van der Waals surface area (Å²) in [6.45, 7) is 7.04. The molecule has 2 aromatic rings. The first kappa shape index (κ1) is 26.8. The fourth-order valence-corrected chi connectivity index (χ4v) is 5.55. The first-order valence-electron chi connectivity index (χ1n) is 14.8. The van der Waals surface area contributed by atoms with E-state index in [0.717, 1.165) is 6.42 Å². The summed E-state index contributed by atoms with van der Waals surface area (Å²) in [6.07, 6.45) is 23.4. The van der Waals surface area contributed by atoms with Crippen molar-refractivity contribution in [1.29, 1.82) is 0 Å². The number of nitrogens with zero attached hydrogens (tertiary/aromatic N) is 1. The van der Waals surface area contributed by atoms with Gasteiger partial charge < -0.3 is 4.90 Å². The number of anilines is 1. The Balaban J connectivity index is 1.51. The Kier molecular flexibility index (Phi) is 12.6. The minimum absolute atomic E-state index is 1.10. The molecule has 1 heteroatoms. The summed E-state index contributed by atoms with van der Waals surface area (Å²) in [5.41, 5.74) is 7.38. The van der Waals surface area contributed by atoms with Crippen LogP contribution in [0.5, 0.6) is 0 Å². The predicted octanol–water partition coefficient (Wildman–Crippen LogP) is 10.3. The smallest absolute Gasteiger partial charge is 0.0372 e. The molecule has 1 aliphatic carbocycles. The largest absolute Gasteiger partial charge is 0.372 e. The molecule has 0 saturated carbocycles. The molecule has 0 atom stereocenters. The van der Waals surface area contributed by atoms with Crippen LogP contribution in [-0.4, -0.2) is 13.1 Å². The van der Waals surface area contributed by atoms with Crippen LogP contribution in [-0.2, 0) is 6.42 Å². The molecule has 0 saturated heterocycles. The standard InChI is InChI=1S/C33H51N/c1-3-5-7-9-11-13-15-19-25-34(26-20-16-14-12-10-8-6-4-2)31-24-23-30-27-29-21-17-18-22-32(29)33(30)28-31/h17-18,21-24,28H,3-16,19-20,25-27H2,1-2H3. The summed E-state index contributed by atoms with van der Waals surface area (Å²) in [5.74, 6) is 0. The molecule has 0 spiro atoms. The Labute approximate surface area is 211 Å². The maximum atomic E-state index is 2.70. The van der Waals surface area contributed by atoms with Gasteiger partial charge >= 0.3 is 0 Å². The quantitative estimate of drug-likeness (QED) is 0.160. The minimum Gasteiger partial charge on any atom is -0.372 e. The Morgan fingerprint density at radius 3 is 1.62 bits per heavy atom. The lowest BCUT2D eigenvalue weighted by Crippen LogP contribution is -2.25. The molecule has 3 rings (SSSR count). The van der Waals surface area contributed by atoms with E-state index in [9.17, 15) is 0 Å². The molecule has 2 aromatic carbocycles. The number of rotatable bonds is 19. The van der Waals surface area contributed by atoms with E-state index < -0.39 is 0 Å². The average Bonchev–Trinajstić information content (AvgIpc) is 3.24. The topological polar surface area (TPSA) is 3.24 Å². The highest BCUT2D eigenvalue weighted by atomic mass is 15.1. The lowest BCUT2D eigenvalue weighted by Gasteiger charge is -2.26. The van der Waals surface area contributed by atoms with Crippen molar-refractivity contribution in [2.75, 3.05) is 18.0 Å². The Bertz CT molecular complexity index is 788. The van der Waals surface area contributed by atoms with E-state index in [0.29, 0.717) is 0 Å². The molecule has 1 aliphatic rings. The number of hydrogen-bond donors (Lipinski definition) is 0. The van der Waals surface area contributed by atoms with Crippen LogP contribution in [0.2, 0.25) is 0 Å². The second-order valence-corrected chi connectivity index (χ2v) is 10.6. The molecule has 0 aromatic heterocycles. The number of unbranched alkanes of at least 4 members (excludes halogenated alkanes) is 14. The zero-order chi connectivity index (χ0) is 23.8. The van der Waals surface area contributed by atoms with Gasteiger partial charge in [-0.15, -0.1) is 0 Å². The molecule has 0 amide bonds. The van der Waals surface area contributed by atoms with E-state index >= 15 is 0 Å². The second kappa shape index (κ2) is 16.0. The van der Waals surface area contributed by atoms with Gasteiger partial charge in [0, 0.05) is 18.8 Å². The van der Waals surface area contributed by atoms with Crippen molar-refractivity contribution < 1.29 is 0 Å². The van der Waals surface area contributed by atoms with Crippen molar-refractivity contribution in [3.8, 4) is 11.1 Å². The highest BCUT2D eigenvalue weighted by Gasteiger charge is 2.19. The molecule has 0 fully saturated rings. The molecule has 0 radical (unpaired) electrons. The third kappa shape index (κ3) is 8.79. The van der Waals surface area contributed by atoms with Gasteiger partial charge in [0.1, 0.15) is 0 Å². The van der Waals surface area contributed by atoms with Gasteiger partial charge in [-0.05, 0) is 53.6 Å². The van der Waals surface area contributed by atoms with Crippen LogP contribution in [0.3, 0.4) is 0 Å². The molecule has 0 N–H and O–H groups in total. The van der Waals surface area contributed by atoms with Gasteiger partial charge in [-0.1, -0.05) is 134 Å². The van der Waals surface area contributed by atoms with Crippen LogP contribution in [0.15, 0.2) is 42.5 Å². The third-order valence-electron chi connectivity index (χ3n) is 7.71. The van der Waals surface area contributed by atoms with Gasteiger partial charge in [0.25, 0.3) is 0 Å². The van der Waals surface area contributed by atoms with E-state index in [1.165, 1.54) is 144 Å². The number of hydrogen-bond acceptors (Lipinski definition) is 1. The van der Waals surface area contributed by atoms with Crippen molar-refractivity contribution in [2.24, 2.45) is 0 Å². The van der Waals surface area contributed by atoms with E-state index in [1.54, 1.807) is 0 Å². The lowest BCUT2D eigenvalue weighted by molar-refractivity contribution is 0.555. The molecule has 0 unspecified atom stereocenters. The predicted molar refractivity (Wildman–Crippen MR) is 152 cm³/mol. The van der Waals surface area contributed by atoms with Crippen molar-refractivity contribution in [2.45, 2.75) is 123 Å². The van der Waals surface area contributed by atoms with Gasteiger partial charge in [0.05, 0.1) is 0 Å². The summed E-state index contributed by atoms with van der Waals surface area (Å²) in [5, 5.41) is 0. The van der Waals surface area contributed by atoms with Crippen molar-refractivity contribution >= 4 is 5.69 Å². The number of fused-ring (bicyclic) bond motifs is 3. The Morgan fingerprint density at radius 1 is 0.529 bits per heavy atom. The lowest BCUT2D eigenvalue weighted by atomic mass is 10.0. The first-order valence-corrected chi connectivity index (χ1v) is 14.8. The first-order chi connectivity index (χ1) is 16.8. The third-order valence-corrected chi connectivity index (χ3v) is 7.71. The van der Waals surface area contributed by atoms with Gasteiger partial charge in [-0.25, -0.2) is 0 Å². The van der Waals surface area contributed by atoms with E-state index in [4.69, 9.17) is 0 Å². The zero-order valence-electron chi connectivity index (χ0n) is 22.4. The summed E-state index contributed by atoms with van der Waals surface area (Å²) in [7, 11) is 0. The maximum Gasteiger partial charge on any atom is 0.0372 e.